The first-order valence-electron chi connectivity index (χ1n) is 15.3. The molecule has 9 nitrogen and oxygen atoms in total. The fraction of sp³-hybridized carbons (Fsp3) is 0.576. The number of methoxy groups -OCH3 is 1. The van der Waals surface area contributed by atoms with E-state index in [1.807, 2.05) is 29.6 Å². The summed E-state index contributed by atoms with van der Waals surface area (Å²) in [5.74, 6) is -0.547. The fourth-order valence-electron chi connectivity index (χ4n) is 5.99. The summed E-state index contributed by atoms with van der Waals surface area (Å²) in [7, 11) is 1.35. The van der Waals surface area contributed by atoms with Crippen molar-refractivity contribution in [2.75, 3.05) is 20.2 Å². The normalized spacial score (nSPS) is 17.9. The van der Waals surface area contributed by atoms with Crippen molar-refractivity contribution in [1.29, 1.82) is 0 Å². The van der Waals surface area contributed by atoms with Crippen molar-refractivity contribution in [3.8, 4) is 0 Å². The molecule has 3 amide bonds. The van der Waals surface area contributed by atoms with Crippen LogP contribution < -0.4 is 10.6 Å². The lowest BCUT2D eigenvalue weighted by Crippen LogP contribution is -2.56. The Labute approximate surface area is 258 Å². The molecule has 10 heteroatoms. The zero-order valence-electron chi connectivity index (χ0n) is 25.8. The number of nitrogens with one attached hydrogen (secondary N) is 2. The number of piperidine rings is 1. The van der Waals surface area contributed by atoms with Crippen LogP contribution in [0.25, 0.3) is 0 Å². The van der Waals surface area contributed by atoms with Crippen molar-refractivity contribution < 1.29 is 28.7 Å². The monoisotopic (exact) mass is 611 g/mol. The highest BCUT2D eigenvalue weighted by molar-refractivity contribution is 7.09. The Kier molecular flexibility index (Phi) is 10.9. The molecule has 4 rings (SSSR count). The Morgan fingerprint density at radius 3 is 2.28 bits per heavy atom. The molecule has 2 fully saturated rings. The second kappa shape index (κ2) is 14.4. The first kappa shape index (κ1) is 32.5. The second-order valence-electron chi connectivity index (χ2n) is 12.8. The maximum absolute atomic E-state index is 14.0. The lowest BCUT2D eigenvalue weighted by Gasteiger charge is -2.42. The average molecular weight is 612 g/mol. The van der Waals surface area contributed by atoms with Crippen molar-refractivity contribution in [3.05, 3.63) is 57.8 Å². The third-order valence-electron chi connectivity index (χ3n) is 8.35. The molecule has 1 aromatic heterocycles. The maximum Gasteiger partial charge on any atom is 0.408 e. The summed E-state index contributed by atoms with van der Waals surface area (Å²) in [4.78, 5) is 55.1. The van der Waals surface area contributed by atoms with Gasteiger partial charge >= 0.3 is 12.1 Å². The lowest BCUT2D eigenvalue weighted by atomic mass is 9.72. The number of amides is 3. The SMILES string of the molecule is COC(=O)c1ccc(CC2(C(=O)NC3CCCCC3)CCN(C(=O)C(Cc3cccs3)NC(=O)OC(C)(C)C)CC2)cc1. The number of likely N-dealkylation sites (tertiary alicyclic amines) is 1. The summed E-state index contributed by atoms with van der Waals surface area (Å²) in [6, 6.07) is 10.5. The van der Waals surface area contributed by atoms with E-state index in [4.69, 9.17) is 9.47 Å². The number of ether oxygens (including phenoxy) is 2. The average Bonchev–Trinajstić information content (AvgIpc) is 3.49. The van der Waals surface area contributed by atoms with E-state index in [1.165, 1.54) is 24.9 Å². The highest BCUT2D eigenvalue weighted by atomic mass is 32.1. The van der Waals surface area contributed by atoms with E-state index in [1.54, 1.807) is 37.8 Å². The zero-order valence-corrected chi connectivity index (χ0v) is 26.6. The number of thiophene rings is 1. The molecule has 234 valence electrons. The molecule has 0 bridgehead atoms. The Hall–Kier alpha value is -3.40. The predicted molar refractivity (Wildman–Crippen MR) is 166 cm³/mol. The van der Waals surface area contributed by atoms with Crippen LogP contribution in [-0.2, 0) is 31.9 Å². The molecule has 1 aliphatic heterocycles. The molecule has 2 aromatic rings. The van der Waals surface area contributed by atoms with Crippen LogP contribution in [-0.4, -0.2) is 66.7 Å². The van der Waals surface area contributed by atoms with Gasteiger partial charge in [-0.3, -0.25) is 9.59 Å². The molecule has 1 atom stereocenters. The van der Waals surface area contributed by atoms with Gasteiger partial charge in [0, 0.05) is 30.4 Å². The largest absolute Gasteiger partial charge is 0.465 e. The summed E-state index contributed by atoms with van der Waals surface area (Å²) in [6.07, 6.45) is 6.64. The maximum atomic E-state index is 14.0. The quantitative estimate of drug-likeness (QED) is 0.374. The Morgan fingerprint density at radius 2 is 1.70 bits per heavy atom. The van der Waals surface area contributed by atoms with Crippen molar-refractivity contribution in [3.63, 3.8) is 0 Å². The Balaban J connectivity index is 1.50. The van der Waals surface area contributed by atoms with Gasteiger partial charge in [-0.2, -0.15) is 0 Å². The van der Waals surface area contributed by atoms with Gasteiger partial charge in [0.2, 0.25) is 11.8 Å². The van der Waals surface area contributed by atoms with E-state index in [2.05, 4.69) is 10.6 Å². The van der Waals surface area contributed by atoms with Crippen LogP contribution in [0.15, 0.2) is 41.8 Å². The minimum absolute atomic E-state index is 0.0329. The minimum atomic E-state index is -0.775. The predicted octanol–water partition coefficient (Wildman–Crippen LogP) is 5.27. The fourth-order valence-corrected chi connectivity index (χ4v) is 6.74. The summed E-state index contributed by atoms with van der Waals surface area (Å²) in [5.41, 5.74) is 0.0320. The summed E-state index contributed by atoms with van der Waals surface area (Å²) >= 11 is 1.54. The van der Waals surface area contributed by atoms with Crippen molar-refractivity contribution in [2.45, 2.75) is 96.2 Å². The number of rotatable bonds is 9. The number of carbonyl (C=O) groups is 4. The summed E-state index contributed by atoms with van der Waals surface area (Å²) in [5, 5.41) is 8.09. The number of hydrogen-bond donors (Lipinski definition) is 2. The molecule has 2 N–H and O–H groups in total. The molecule has 2 aliphatic rings. The molecule has 1 unspecified atom stereocenters. The third kappa shape index (κ3) is 9.05. The van der Waals surface area contributed by atoms with E-state index in [0.717, 1.165) is 36.1 Å². The van der Waals surface area contributed by atoms with Gasteiger partial charge in [0.15, 0.2) is 0 Å². The highest BCUT2D eigenvalue weighted by Crippen LogP contribution is 2.37. The van der Waals surface area contributed by atoms with Gasteiger partial charge in [0.05, 0.1) is 18.1 Å². The molecule has 43 heavy (non-hydrogen) atoms. The van der Waals surface area contributed by atoms with Crippen molar-refractivity contribution in [1.82, 2.24) is 15.5 Å². The van der Waals surface area contributed by atoms with E-state index >= 15 is 0 Å². The van der Waals surface area contributed by atoms with E-state index in [0.29, 0.717) is 44.3 Å². The van der Waals surface area contributed by atoms with Crippen LogP contribution in [0.4, 0.5) is 4.79 Å². The van der Waals surface area contributed by atoms with Crippen LogP contribution in [0, 0.1) is 5.41 Å². The molecule has 0 spiro atoms. The molecule has 1 aromatic carbocycles. The molecule has 1 saturated carbocycles. The lowest BCUT2D eigenvalue weighted by molar-refractivity contribution is -0.142. The summed E-state index contributed by atoms with van der Waals surface area (Å²) < 4.78 is 10.3. The molecular formula is C33H45N3O6S. The number of carbonyl (C=O) groups excluding carboxylic acids is 4. The molecule has 1 saturated heterocycles. The van der Waals surface area contributed by atoms with Gasteiger partial charge in [-0.25, -0.2) is 9.59 Å². The van der Waals surface area contributed by atoms with Gasteiger partial charge in [-0.15, -0.1) is 11.3 Å². The molecular weight excluding hydrogens is 566 g/mol. The van der Waals surface area contributed by atoms with Crippen molar-refractivity contribution in [2.24, 2.45) is 5.41 Å². The Morgan fingerprint density at radius 1 is 1.02 bits per heavy atom. The zero-order chi connectivity index (χ0) is 31.0. The highest BCUT2D eigenvalue weighted by Gasteiger charge is 2.44. The minimum Gasteiger partial charge on any atom is -0.465 e. The number of nitrogens with zero attached hydrogens (tertiary/aromatic N) is 1. The third-order valence-corrected chi connectivity index (χ3v) is 9.25. The summed E-state index contributed by atoms with van der Waals surface area (Å²) in [6.45, 7) is 6.15. The first-order chi connectivity index (χ1) is 20.5. The number of hydrogen-bond acceptors (Lipinski definition) is 7. The molecule has 2 heterocycles. The first-order valence-corrected chi connectivity index (χ1v) is 16.1. The van der Waals surface area contributed by atoms with Gasteiger partial charge in [0.1, 0.15) is 11.6 Å². The number of alkyl carbamates (subject to hydrolysis) is 1. The van der Waals surface area contributed by atoms with E-state index in [9.17, 15) is 19.2 Å². The van der Waals surface area contributed by atoms with Crippen LogP contribution >= 0.6 is 11.3 Å². The van der Waals surface area contributed by atoms with Gasteiger partial charge < -0.3 is 25.0 Å². The smallest absolute Gasteiger partial charge is 0.408 e. The van der Waals surface area contributed by atoms with Crippen LogP contribution in [0.2, 0.25) is 0 Å². The van der Waals surface area contributed by atoms with Crippen molar-refractivity contribution >= 4 is 35.2 Å². The Bertz CT molecular complexity index is 1240. The molecule has 1 aliphatic carbocycles. The van der Waals surface area contributed by atoms with Gasteiger partial charge in [-0.05, 0) is 82.0 Å². The number of esters is 1. The van der Waals surface area contributed by atoms with Crippen LogP contribution in [0.5, 0.6) is 0 Å². The second-order valence-corrected chi connectivity index (χ2v) is 13.8. The van der Waals surface area contributed by atoms with Crippen LogP contribution in [0.3, 0.4) is 0 Å². The van der Waals surface area contributed by atoms with E-state index < -0.39 is 29.1 Å². The van der Waals surface area contributed by atoms with Gasteiger partial charge in [-0.1, -0.05) is 37.5 Å². The topological polar surface area (TPSA) is 114 Å². The van der Waals surface area contributed by atoms with Gasteiger partial charge in [0.25, 0.3) is 0 Å². The van der Waals surface area contributed by atoms with Crippen LogP contribution in [0.1, 0.15) is 86.5 Å². The molecule has 0 radical (unpaired) electrons. The van der Waals surface area contributed by atoms with E-state index in [-0.39, 0.29) is 17.9 Å². The number of benzene rings is 1. The standard InChI is InChI=1S/C33H45N3O6S/c1-32(2,3)42-31(40)35-27(21-26-11-8-20-43-26)28(37)36-18-16-33(17-19-36,30(39)34-25-9-6-5-7-10-25)22-23-12-14-24(15-13-23)29(38)41-4/h8,11-15,20,25,27H,5-7,9-10,16-19,21-22H2,1-4H3,(H,34,39)(H,35,40).